The molecule has 0 fully saturated rings. The third kappa shape index (κ3) is 6.09. The number of methoxy groups -OCH3 is 2. The Labute approximate surface area is 126 Å². The maximum Gasteiger partial charge on any atom is 0.188 e. The molecule has 0 bridgehead atoms. The lowest BCUT2D eigenvalue weighted by atomic mass is 10.2. The highest BCUT2D eigenvalue weighted by atomic mass is 16.5. The molecule has 114 valence electrons. The summed E-state index contributed by atoms with van der Waals surface area (Å²) >= 11 is 0. The molecule has 0 spiro atoms. The Morgan fingerprint density at radius 2 is 2.05 bits per heavy atom. The largest absolute Gasteiger partial charge is 0.493 e. The second-order valence-electron chi connectivity index (χ2n) is 4.48. The molecule has 0 aliphatic rings. The summed E-state index contributed by atoms with van der Waals surface area (Å²) in [6.45, 7) is 1.27. The van der Waals surface area contributed by atoms with Crippen molar-refractivity contribution in [3.8, 4) is 23.8 Å². The summed E-state index contributed by atoms with van der Waals surface area (Å²) in [6, 6.07) is 5.68. The molecule has 0 amide bonds. The quantitative estimate of drug-likeness (QED) is 0.332. The summed E-state index contributed by atoms with van der Waals surface area (Å²) < 4.78 is 10.4. The number of nitrogens with two attached hydrogens (primary N) is 1. The van der Waals surface area contributed by atoms with Crippen molar-refractivity contribution in [2.75, 3.05) is 20.8 Å². The summed E-state index contributed by atoms with van der Waals surface area (Å²) in [5.74, 6) is 4.43. The lowest BCUT2D eigenvalue weighted by molar-refractivity contribution is 0.354. The van der Waals surface area contributed by atoms with Crippen molar-refractivity contribution in [3.63, 3.8) is 0 Å². The molecule has 1 aromatic rings. The smallest absolute Gasteiger partial charge is 0.188 e. The first kappa shape index (κ1) is 16.7. The van der Waals surface area contributed by atoms with Crippen molar-refractivity contribution < 1.29 is 9.47 Å². The lowest BCUT2D eigenvalue weighted by Gasteiger charge is -2.09. The van der Waals surface area contributed by atoms with Crippen molar-refractivity contribution in [3.05, 3.63) is 23.8 Å². The number of aliphatic imine (C=N–C) groups is 1. The van der Waals surface area contributed by atoms with Gasteiger partial charge in [-0.25, -0.2) is 4.99 Å². The van der Waals surface area contributed by atoms with Crippen LogP contribution >= 0.6 is 0 Å². The van der Waals surface area contributed by atoms with Crippen molar-refractivity contribution in [1.82, 2.24) is 5.32 Å². The molecule has 5 heteroatoms. The highest BCUT2D eigenvalue weighted by Gasteiger charge is 2.04. The number of terminal acetylenes is 1. The van der Waals surface area contributed by atoms with E-state index in [4.69, 9.17) is 21.6 Å². The van der Waals surface area contributed by atoms with Gasteiger partial charge in [0.25, 0.3) is 0 Å². The number of ether oxygens (including phenoxy) is 2. The van der Waals surface area contributed by atoms with Gasteiger partial charge in [-0.1, -0.05) is 6.07 Å². The van der Waals surface area contributed by atoms with Crippen molar-refractivity contribution in [2.45, 2.75) is 25.8 Å². The third-order valence-corrected chi connectivity index (χ3v) is 2.93. The normalized spacial score (nSPS) is 10.8. The van der Waals surface area contributed by atoms with Crippen LogP contribution in [0.25, 0.3) is 0 Å². The number of benzene rings is 1. The Kier molecular flexibility index (Phi) is 7.59. The van der Waals surface area contributed by atoms with E-state index in [0.717, 1.165) is 31.4 Å². The van der Waals surface area contributed by atoms with Crippen LogP contribution in [0, 0.1) is 12.3 Å². The van der Waals surface area contributed by atoms with Gasteiger partial charge < -0.3 is 20.5 Å². The highest BCUT2D eigenvalue weighted by Crippen LogP contribution is 2.27. The van der Waals surface area contributed by atoms with Gasteiger partial charge in [-0.2, -0.15) is 0 Å². The summed E-state index contributed by atoms with van der Waals surface area (Å²) in [5, 5.41) is 3.07. The summed E-state index contributed by atoms with van der Waals surface area (Å²) in [5.41, 5.74) is 6.81. The molecule has 0 aromatic heterocycles. The minimum absolute atomic E-state index is 0.436. The SMILES string of the molecule is C#CCCCCNC(N)=NCc1ccc(OC)c(OC)c1. The Morgan fingerprint density at radius 3 is 2.71 bits per heavy atom. The van der Waals surface area contributed by atoms with Crippen LogP contribution in [0.1, 0.15) is 24.8 Å². The van der Waals surface area contributed by atoms with Gasteiger partial charge >= 0.3 is 0 Å². The Bertz CT molecular complexity index is 507. The fourth-order valence-electron chi connectivity index (χ4n) is 1.78. The van der Waals surface area contributed by atoms with Gasteiger partial charge in [-0.3, -0.25) is 0 Å². The van der Waals surface area contributed by atoms with Crippen molar-refractivity contribution in [2.24, 2.45) is 10.7 Å². The minimum Gasteiger partial charge on any atom is -0.493 e. The number of unbranched alkanes of at least 4 members (excludes halogenated alkanes) is 2. The van der Waals surface area contributed by atoms with Gasteiger partial charge in [0, 0.05) is 13.0 Å². The zero-order valence-corrected chi connectivity index (χ0v) is 12.7. The fraction of sp³-hybridized carbons (Fsp3) is 0.438. The molecule has 0 aliphatic carbocycles. The summed E-state index contributed by atoms with van der Waals surface area (Å²) in [6.07, 6.45) is 7.96. The van der Waals surface area contributed by atoms with Crippen LogP contribution in [0.15, 0.2) is 23.2 Å². The Morgan fingerprint density at radius 1 is 1.29 bits per heavy atom. The molecule has 0 atom stereocenters. The summed E-state index contributed by atoms with van der Waals surface area (Å²) in [4.78, 5) is 4.29. The van der Waals surface area contributed by atoms with E-state index in [0.29, 0.717) is 24.0 Å². The van der Waals surface area contributed by atoms with Crippen LogP contribution in [0.4, 0.5) is 0 Å². The summed E-state index contributed by atoms with van der Waals surface area (Å²) in [7, 11) is 3.22. The molecule has 0 radical (unpaired) electrons. The van der Waals surface area contributed by atoms with E-state index in [1.165, 1.54) is 0 Å². The molecule has 5 nitrogen and oxygen atoms in total. The van der Waals surface area contributed by atoms with Gasteiger partial charge in [-0.05, 0) is 30.5 Å². The number of nitrogens with one attached hydrogen (secondary N) is 1. The molecule has 1 rings (SSSR count). The highest BCUT2D eigenvalue weighted by molar-refractivity contribution is 5.77. The van der Waals surface area contributed by atoms with Crippen LogP contribution in [0.5, 0.6) is 11.5 Å². The number of guanidine groups is 1. The fourth-order valence-corrected chi connectivity index (χ4v) is 1.78. The van der Waals surface area contributed by atoms with Crippen LogP contribution in [0.3, 0.4) is 0 Å². The second kappa shape index (κ2) is 9.54. The van der Waals surface area contributed by atoms with Gasteiger partial charge in [0.2, 0.25) is 0 Å². The predicted octanol–water partition coefficient (Wildman–Crippen LogP) is 1.91. The first-order valence-corrected chi connectivity index (χ1v) is 6.89. The van der Waals surface area contributed by atoms with E-state index in [1.807, 2.05) is 18.2 Å². The maximum atomic E-state index is 5.81. The third-order valence-electron chi connectivity index (χ3n) is 2.93. The predicted molar refractivity (Wildman–Crippen MR) is 85.6 cm³/mol. The van der Waals surface area contributed by atoms with Crippen LogP contribution in [-0.2, 0) is 6.54 Å². The molecule has 0 saturated carbocycles. The van der Waals surface area contributed by atoms with E-state index < -0.39 is 0 Å². The molecule has 0 aliphatic heterocycles. The average molecular weight is 289 g/mol. The van der Waals surface area contributed by atoms with E-state index >= 15 is 0 Å². The van der Waals surface area contributed by atoms with Crippen molar-refractivity contribution >= 4 is 5.96 Å². The topological polar surface area (TPSA) is 68.9 Å². The van der Waals surface area contributed by atoms with Gasteiger partial charge in [0.15, 0.2) is 17.5 Å². The number of nitrogens with zero attached hydrogens (tertiary/aromatic N) is 1. The van der Waals surface area contributed by atoms with Crippen molar-refractivity contribution in [1.29, 1.82) is 0 Å². The molecule has 21 heavy (non-hydrogen) atoms. The van der Waals surface area contributed by atoms with Gasteiger partial charge in [0.1, 0.15) is 0 Å². The molecule has 0 unspecified atom stereocenters. The molecular weight excluding hydrogens is 266 g/mol. The van der Waals surface area contributed by atoms with Crippen LogP contribution in [0.2, 0.25) is 0 Å². The molecule has 0 saturated heterocycles. The van der Waals surface area contributed by atoms with Gasteiger partial charge in [-0.15, -0.1) is 12.3 Å². The lowest BCUT2D eigenvalue weighted by Crippen LogP contribution is -2.32. The molecule has 0 heterocycles. The molecular formula is C16H23N3O2. The molecule has 3 N–H and O–H groups in total. The molecule has 1 aromatic carbocycles. The van der Waals surface area contributed by atoms with E-state index in [-0.39, 0.29) is 0 Å². The average Bonchev–Trinajstić information content (AvgIpc) is 2.52. The Hall–Kier alpha value is -2.35. The maximum absolute atomic E-state index is 5.81. The van der Waals surface area contributed by atoms with Crippen LogP contribution in [-0.4, -0.2) is 26.7 Å². The van der Waals surface area contributed by atoms with Gasteiger partial charge in [0.05, 0.1) is 20.8 Å². The monoisotopic (exact) mass is 289 g/mol. The zero-order chi connectivity index (χ0) is 15.5. The zero-order valence-electron chi connectivity index (χ0n) is 12.7. The van der Waals surface area contributed by atoms with Crippen LogP contribution < -0.4 is 20.5 Å². The van der Waals surface area contributed by atoms with E-state index in [1.54, 1.807) is 14.2 Å². The van der Waals surface area contributed by atoms with E-state index in [9.17, 15) is 0 Å². The standard InChI is InChI=1S/C16H23N3O2/c1-4-5-6-7-10-18-16(17)19-12-13-8-9-14(20-2)15(11-13)21-3/h1,8-9,11H,5-7,10,12H2,2-3H3,(H3,17,18,19). The second-order valence-corrected chi connectivity index (χ2v) is 4.48. The first-order chi connectivity index (χ1) is 10.2. The first-order valence-electron chi connectivity index (χ1n) is 6.89. The number of rotatable bonds is 8. The Balaban J connectivity index is 2.46. The number of hydrogen-bond donors (Lipinski definition) is 2. The van der Waals surface area contributed by atoms with E-state index in [2.05, 4.69) is 16.2 Å². The minimum atomic E-state index is 0.436. The number of hydrogen-bond acceptors (Lipinski definition) is 3.